The third kappa shape index (κ3) is 6.03. The minimum atomic E-state index is -0.355. The number of guanidine groups is 1. The van der Waals surface area contributed by atoms with Gasteiger partial charge in [0.2, 0.25) is 5.91 Å². The Balaban J connectivity index is 1.23. The van der Waals surface area contributed by atoms with E-state index in [1.54, 1.807) is 25.1 Å². The first kappa shape index (κ1) is 30.1. The van der Waals surface area contributed by atoms with Crippen LogP contribution in [0.25, 0.3) is 10.9 Å². The number of halogens is 1. The van der Waals surface area contributed by atoms with Crippen molar-refractivity contribution in [3.63, 3.8) is 0 Å². The Hall–Kier alpha value is -3.95. The number of carbonyl (C=O) groups is 1. The van der Waals surface area contributed by atoms with Crippen LogP contribution in [0.1, 0.15) is 45.6 Å². The highest BCUT2D eigenvalue weighted by Crippen LogP contribution is 2.54. The lowest BCUT2D eigenvalue weighted by molar-refractivity contribution is -0.128. The van der Waals surface area contributed by atoms with Crippen LogP contribution in [0.3, 0.4) is 0 Å². The van der Waals surface area contributed by atoms with E-state index in [0.717, 1.165) is 55.3 Å². The Labute approximate surface area is 258 Å². The highest BCUT2D eigenvalue weighted by Gasteiger charge is 2.49. The van der Waals surface area contributed by atoms with E-state index in [1.807, 2.05) is 17.0 Å². The molecule has 3 aromatic rings. The number of aryl methyl sites for hydroxylation is 2. The maximum absolute atomic E-state index is 14.4. The number of benzene rings is 2. The summed E-state index contributed by atoms with van der Waals surface area (Å²) in [6.45, 7) is 9.60. The summed E-state index contributed by atoms with van der Waals surface area (Å²) >= 11 is 0. The predicted molar refractivity (Wildman–Crippen MR) is 170 cm³/mol. The monoisotopic (exact) mass is 602 g/mol. The number of hydrogen-bond acceptors (Lipinski definition) is 5. The molecule has 1 N–H and O–H groups in total. The Kier molecular flexibility index (Phi) is 8.60. The maximum atomic E-state index is 14.4. The molecule has 3 aliphatic carbocycles. The average molecular weight is 603 g/mol. The fourth-order valence-corrected chi connectivity index (χ4v) is 7.33. The highest BCUT2D eigenvalue weighted by atomic mass is 19.1. The van der Waals surface area contributed by atoms with Gasteiger partial charge >= 0.3 is 0 Å². The first-order valence-electron chi connectivity index (χ1n) is 15.9. The molecular formula is C34H43FN6O3. The van der Waals surface area contributed by atoms with Gasteiger partial charge < -0.3 is 19.9 Å². The van der Waals surface area contributed by atoms with Gasteiger partial charge in [0.25, 0.3) is 5.56 Å². The smallest absolute Gasteiger partial charge is 0.261 e. The van der Waals surface area contributed by atoms with Gasteiger partial charge in [0.1, 0.15) is 11.6 Å². The van der Waals surface area contributed by atoms with Gasteiger partial charge in [-0.25, -0.2) is 14.4 Å². The Morgan fingerprint density at radius 3 is 2.59 bits per heavy atom. The van der Waals surface area contributed by atoms with Gasteiger partial charge in [0, 0.05) is 51.4 Å². The van der Waals surface area contributed by atoms with Gasteiger partial charge in [0.05, 0.1) is 30.4 Å². The molecule has 1 aromatic heterocycles. The van der Waals surface area contributed by atoms with E-state index in [-0.39, 0.29) is 23.3 Å². The van der Waals surface area contributed by atoms with Crippen molar-refractivity contribution < 1.29 is 13.9 Å². The third-order valence-electron chi connectivity index (χ3n) is 10.3. The van der Waals surface area contributed by atoms with Gasteiger partial charge in [-0.05, 0) is 79.2 Å². The van der Waals surface area contributed by atoms with E-state index in [1.165, 1.54) is 30.5 Å². The molecule has 10 heteroatoms. The van der Waals surface area contributed by atoms with Crippen LogP contribution in [-0.2, 0) is 17.8 Å². The summed E-state index contributed by atoms with van der Waals surface area (Å²) in [5.74, 6) is 3.82. The Morgan fingerprint density at radius 2 is 1.86 bits per heavy atom. The van der Waals surface area contributed by atoms with Gasteiger partial charge in [-0.3, -0.25) is 14.2 Å². The van der Waals surface area contributed by atoms with E-state index < -0.39 is 0 Å². The third-order valence-corrected chi connectivity index (χ3v) is 10.3. The number of nitrogens with one attached hydrogen (secondary N) is 1. The lowest BCUT2D eigenvalue weighted by atomic mass is 9.52. The summed E-state index contributed by atoms with van der Waals surface area (Å²) in [6.07, 6.45) is 5.20. The van der Waals surface area contributed by atoms with Crippen LogP contribution in [0.4, 0.5) is 10.1 Å². The fourth-order valence-electron chi connectivity index (χ4n) is 7.33. The van der Waals surface area contributed by atoms with Gasteiger partial charge in [-0.2, -0.15) is 0 Å². The molecule has 4 fully saturated rings. The summed E-state index contributed by atoms with van der Waals surface area (Å²) in [5.41, 5.74) is 1.76. The second-order valence-electron chi connectivity index (χ2n) is 12.8. The first-order valence-corrected chi connectivity index (χ1v) is 15.9. The van der Waals surface area contributed by atoms with Crippen LogP contribution in [0, 0.1) is 29.5 Å². The highest BCUT2D eigenvalue weighted by molar-refractivity contribution is 5.96. The topological polar surface area (TPSA) is 92.1 Å². The minimum Gasteiger partial charge on any atom is -0.497 e. The molecule has 1 amide bonds. The predicted octanol–water partition coefficient (Wildman–Crippen LogP) is 4.79. The van der Waals surface area contributed by atoms with E-state index in [4.69, 9.17) is 9.73 Å². The summed E-state index contributed by atoms with van der Waals surface area (Å²) < 4.78 is 21.1. The molecular weight excluding hydrogens is 559 g/mol. The number of aliphatic imine (C=N–C) groups is 1. The molecule has 1 saturated heterocycles. The van der Waals surface area contributed by atoms with Crippen molar-refractivity contribution in [1.82, 2.24) is 19.4 Å². The Bertz CT molecular complexity index is 1620. The molecule has 0 spiro atoms. The van der Waals surface area contributed by atoms with Crippen molar-refractivity contribution >= 4 is 28.5 Å². The molecule has 3 saturated carbocycles. The fraction of sp³-hybridized carbons (Fsp3) is 0.529. The molecule has 2 heterocycles. The van der Waals surface area contributed by atoms with Crippen molar-refractivity contribution in [2.45, 2.75) is 59.0 Å². The number of ether oxygens (including phenoxy) is 1. The van der Waals surface area contributed by atoms with Crippen LogP contribution in [0.2, 0.25) is 0 Å². The summed E-state index contributed by atoms with van der Waals surface area (Å²) in [4.78, 5) is 39.5. The van der Waals surface area contributed by atoms with E-state index >= 15 is 0 Å². The standard InChI is InChI=1S/C34H43FN6O3/c1-21-25-16-29(21)22(2)31(17-25)38-34(40-12-5-11-39(14-15-40)23(3)42)37-26-7-9-28-32(18-26)36-20-41(33(28)43)13-10-24-6-8-27(44-4)19-30(24)35/h6-9,18-22,25,29,31H,5,10-17H2,1-4H3,(H,37,38). The van der Waals surface area contributed by atoms with Crippen LogP contribution in [0.5, 0.6) is 5.75 Å². The molecule has 0 radical (unpaired) electrons. The first-order chi connectivity index (χ1) is 21.2. The van der Waals surface area contributed by atoms with Crippen molar-refractivity contribution in [1.29, 1.82) is 0 Å². The number of aromatic nitrogens is 2. The summed E-state index contributed by atoms with van der Waals surface area (Å²) in [7, 11) is 1.50. The largest absolute Gasteiger partial charge is 0.497 e. The zero-order valence-corrected chi connectivity index (χ0v) is 26.1. The molecule has 2 bridgehead atoms. The summed E-state index contributed by atoms with van der Waals surface area (Å²) in [6, 6.07) is 10.6. The number of carbonyl (C=O) groups excluding carboxylic acids is 1. The molecule has 9 nitrogen and oxygen atoms in total. The zero-order chi connectivity index (χ0) is 31.0. The molecule has 7 rings (SSSR count). The van der Waals surface area contributed by atoms with E-state index in [2.05, 4.69) is 29.0 Å². The van der Waals surface area contributed by atoms with Crippen LogP contribution < -0.4 is 15.6 Å². The van der Waals surface area contributed by atoms with Crippen molar-refractivity contribution in [2.75, 3.05) is 38.6 Å². The number of nitrogens with zero attached hydrogens (tertiary/aromatic N) is 5. The zero-order valence-electron chi connectivity index (χ0n) is 26.1. The van der Waals surface area contributed by atoms with Crippen molar-refractivity contribution in [2.24, 2.45) is 28.7 Å². The molecule has 234 valence electrons. The lowest BCUT2D eigenvalue weighted by Gasteiger charge is -2.54. The molecule has 2 aromatic carbocycles. The normalized spacial score (nSPS) is 25.4. The van der Waals surface area contributed by atoms with Crippen LogP contribution in [0.15, 0.2) is 52.5 Å². The second-order valence-corrected chi connectivity index (χ2v) is 12.8. The number of methoxy groups -OCH3 is 1. The average Bonchev–Trinajstić information content (AvgIpc) is 3.28. The van der Waals surface area contributed by atoms with Crippen molar-refractivity contribution in [3.05, 3.63) is 64.5 Å². The van der Waals surface area contributed by atoms with Crippen LogP contribution in [-0.4, -0.2) is 70.5 Å². The number of anilines is 1. The maximum Gasteiger partial charge on any atom is 0.261 e. The molecule has 4 aliphatic rings. The quantitative estimate of drug-likeness (QED) is 0.322. The minimum absolute atomic E-state index is 0.105. The summed E-state index contributed by atoms with van der Waals surface area (Å²) in [5, 5.41) is 4.10. The number of fused-ring (bicyclic) bond motifs is 3. The van der Waals surface area contributed by atoms with E-state index in [0.29, 0.717) is 54.2 Å². The van der Waals surface area contributed by atoms with Crippen LogP contribution >= 0.6 is 0 Å². The van der Waals surface area contributed by atoms with Crippen molar-refractivity contribution in [3.8, 4) is 5.75 Å². The number of amides is 1. The van der Waals surface area contributed by atoms with Gasteiger partial charge in [-0.1, -0.05) is 19.9 Å². The molecule has 5 atom stereocenters. The Morgan fingerprint density at radius 1 is 1.07 bits per heavy atom. The molecule has 1 aliphatic heterocycles. The number of rotatable bonds is 6. The number of hydrogen-bond donors (Lipinski definition) is 1. The SMILES string of the molecule is COc1ccc(CCn2cnc3cc(NC(=NC4CC5CC(C5C)C4C)N4CCCN(C(C)=O)CC4)ccc3c2=O)c(F)c1. The lowest BCUT2D eigenvalue weighted by Crippen LogP contribution is -2.50. The molecule has 5 unspecified atom stereocenters. The second kappa shape index (κ2) is 12.6. The van der Waals surface area contributed by atoms with Gasteiger partial charge in [0.15, 0.2) is 5.96 Å². The molecule has 44 heavy (non-hydrogen) atoms. The van der Waals surface area contributed by atoms with E-state index in [9.17, 15) is 14.0 Å². The van der Waals surface area contributed by atoms with Gasteiger partial charge in [-0.15, -0.1) is 0 Å².